The summed E-state index contributed by atoms with van der Waals surface area (Å²) in [5.41, 5.74) is 7.73. The fourth-order valence-corrected chi connectivity index (χ4v) is 3.01. The van der Waals surface area contributed by atoms with Gasteiger partial charge in [0.05, 0.1) is 13.2 Å². The minimum Gasteiger partial charge on any atom is -0.497 e. The van der Waals surface area contributed by atoms with Crippen molar-refractivity contribution in [3.05, 3.63) is 48.0 Å². The zero-order valence-electron chi connectivity index (χ0n) is 12.6. The molecule has 2 aromatic rings. The van der Waals surface area contributed by atoms with Gasteiger partial charge in [-0.25, -0.2) is 0 Å². The number of nitrogens with zero attached hydrogens (tertiary/aromatic N) is 1. The van der Waals surface area contributed by atoms with Gasteiger partial charge in [-0.05, 0) is 29.8 Å². The lowest BCUT2D eigenvalue weighted by Crippen LogP contribution is -2.63. The van der Waals surface area contributed by atoms with Crippen LogP contribution in [0.2, 0.25) is 0 Å². The summed E-state index contributed by atoms with van der Waals surface area (Å²) >= 11 is 0. The Balaban J connectivity index is 1.70. The maximum atomic E-state index is 12.3. The van der Waals surface area contributed by atoms with E-state index in [1.165, 1.54) is 0 Å². The van der Waals surface area contributed by atoms with Crippen molar-refractivity contribution < 1.29 is 19.0 Å². The van der Waals surface area contributed by atoms with E-state index >= 15 is 0 Å². The predicted octanol–water partition coefficient (Wildman–Crippen LogP) is 1.84. The van der Waals surface area contributed by atoms with E-state index in [1.54, 1.807) is 12.0 Å². The third-order valence-electron chi connectivity index (χ3n) is 4.21. The molecule has 0 unspecified atom stereocenters. The topological polar surface area (TPSA) is 74.0 Å². The summed E-state index contributed by atoms with van der Waals surface area (Å²) in [6, 6.07) is 12.2. The molecule has 2 aliphatic heterocycles. The van der Waals surface area contributed by atoms with E-state index in [9.17, 15) is 4.79 Å². The first-order chi connectivity index (χ1) is 11.2. The highest BCUT2D eigenvalue weighted by Crippen LogP contribution is 2.42. The van der Waals surface area contributed by atoms with Crippen molar-refractivity contribution in [1.82, 2.24) is 0 Å². The highest BCUT2D eigenvalue weighted by Gasteiger charge is 2.47. The number of benzene rings is 2. The van der Waals surface area contributed by atoms with Crippen molar-refractivity contribution in [3.8, 4) is 17.2 Å². The van der Waals surface area contributed by atoms with Crippen LogP contribution in [0.4, 0.5) is 5.69 Å². The summed E-state index contributed by atoms with van der Waals surface area (Å²) in [5.74, 6) is 1.97. The Morgan fingerprint density at radius 3 is 2.83 bits per heavy atom. The Bertz CT molecular complexity index is 777. The van der Waals surface area contributed by atoms with Gasteiger partial charge in [-0.3, -0.25) is 4.79 Å². The standard InChI is InChI=1S/C17H16N2O4/c1-21-12-4-2-3-11(8-12)19-16(15(18)17(19)20)10-5-6-13-14(7-10)23-9-22-13/h2-8,15-16H,9,18H2,1H3/t15-,16+/m0/s1. The summed E-state index contributed by atoms with van der Waals surface area (Å²) in [7, 11) is 1.60. The molecule has 118 valence electrons. The molecule has 2 heterocycles. The molecular weight excluding hydrogens is 296 g/mol. The normalized spacial score (nSPS) is 22.0. The van der Waals surface area contributed by atoms with Crippen LogP contribution in [0.25, 0.3) is 0 Å². The number of carbonyl (C=O) groups is 1. The van der Waals surface area contributed by atoms with Crippen LogP contribution in [0.5, 0.6) is 17.2 Å². The van der Waals surface area contributed by atoms with Crippen LogP contribution in [-0.4, -0.2) is 25.9 Å². The Morgan fingerprint density at radius 1 is 1.17 bits per heavy atom. The fourth-order valence-electron chi connectivity index (χ4n) is 3.01. The highest BCUT2D eigenvalue weighted by molar-refractivity contribution is 6.05. The van der Waals surface area contributed by atoms with Crippen molar-refractivity contribution in [2.45, 2.75) is 12.1 Å². The van der Waals surface area contributed by atoms with E-state index in [-0.39, 0.29) is 18.7 Å². The number of hydrogen-bond donors (Lipinski definition) is 1. The molecule has 23 heavy (non-hydrogen) atoms. The quantitative estimate of drug-likeness (QED) is 0.875. The third kappa shape index (κ3) is 2.10. The molecule has 4 rings (SSSR count). The minimum absolute atomic E-state index is 0.110. The van der Waals surface area contributed by atoms with Crippen LogP contribution in [0, 0.1) is 0 Å². The molecule has 0 aromatic heterocycles. The Hall–Kier alpha value is -2.73. The average Bonchev–Trinajstić information content (AvgIpc) is 3.06. The van der Waals surface area contributed by atoms with Crippen LogP contribution < -0.4 is 24.8 Å². The number of methoxy groups -OCH3 is 1. The molecule has 0 spiro atoms. The minimum atomic E-state index is -0.568. The van der Waals surface area contributed by atoms with Gasteiger partial charge in [-0.15, -0.1) is 0 Å². The molecule has 0 saturated carbocycles. The number of anilines is 1. The Morgan fingerprint density at radius 2 is 2.00 bits per heavy atom. The highest BCUT2D eigenvalue weighted by atomic mass is 16.7. The molecule has 0 bridgehead atoms. The fraction of sp³-hybridized carbons (Fsp3) is 0.235. The number of ether oxygens (including phenoxy) is 3. The Labute approximate surface area is 133 Å². The molecule has 2 N–H and O–H groups in total. The van der Waals surface area contributed by atoms with Crippen LogP contribution >= 0.6 is 0 Å². The number of fused-ring (bicyclic) bond motifs is 1. The van der Waals surface area contributed by atoms with Crippen LogP contribution in [0.3, 0.4) is 0 Å². The molecule has 0 aliphatic carbocycles. The van der Waals surface area contributed by atoms with Gasteiger partial charge in [0.1, 0.15) is 11.8 Å². The molecular formula is C17H16N2O4. The molecule has 1 saturated heterocycles. The first kappa shape index (κ1) is 13.9. The van der Waals surface area contributed by atoms with Gasteiger partial charge < -0.3 is 24.8 Å². The van der Waals surface area contributed by atoms with E-state index in [2.05, 4.69) is 0 Å². The van der Waals surface area contributed by atoms with E-state index in [4.69, 9.17) is 19.9 Å². The lowest BCUT2D eigenvalue weighted by atomic mass is 9.88. The van der Waals surface area contributed by atoms with Crippen molar-refractivity contribution in [1.29, 1.82) is 0 Å². The van der Waals surface area contributed by atoms with E-state index in [1.807, 2.05) is 42.5 Å². The molecule has 2 aliphatic rings. The average molecular weight is 312 g/mol. The van der Waals surface area contributed by atoms with Crippen molar-refractivity contribution in [3.63, 3.8) is 0 Å². The monoisotopic (exact) mass is 312 g/mol. The largest absolute Gasteiger partial charge is 0.497 e. The number of hydrogen-bond acceptors (Lipinski definition) is 5. The number of amides is 1. The van der Waals surface area contributed by atoms with E-state index < -0.39 is 6.04 Å². The predicted molar refractivity (Wildman–Crippen MR) is 83.8 cm³/mol. The van der Waals surface area contributed by atoms with Crippen molar-refractivity contribution >= 4 is 11.6 Å². The first-order valence-electron chi connectivity index (χ1n) is 7.31. The molecule has 6 heteroatoms. The van der Waals surface area contributed by atoms with Gasteiger partial charge in [0.2, 0.25) is 12.7 Å². The van der Waals surface area contributed by atoms with Crippen LogP contribution in [0.15, 0.2) is 42.5 Å². The van der Waals surface area contributed by atoms with Gasteiger partial charge in [0.15, 0.2) is 11.5 Å². The number of β-lactam (4-membered cyclic amide) rings is 1. The smallest absolute Gasteiger partial charge is 0.247 e. The maximum absolute atomic E-state index is 12.3. The summed E-state index contributed by atoms with van der Waals surface area (Å²) in [5, 5.41) is 0. The second kappa shape index (κ2) is 5.17. The summed E-state index contributed by atoms with van der Waals surface area (Å²) in [4.78, 5) is 14.0. The summed E-state index contributed by atoms with van der Waals surface area (Å²) in [6.07, 6.45) is 0. The first-order valence-corrected chi connectivity index (χ1v) is 7.31. The van der Waals surface area contributed by atoms with Gasteiger partial charge in [-0.1, -0.05) is 12.1 Å². The van der Waals surface area contributed by atoms with Gasteiger partial charge >= 0.3 is 0 Å². The molecule has 2 aromatic carbocycles. The summed E-state index contributed by atoms with van der Waals surface area (Å²) < 4.78 is 16.0. The molecule has 2 atom stereocenters. The SMILES string of the molecule is COc1cccc(N2C(=O)[C@@H](N)[C@H]2c2ccc3c(c2)OCO3)c1. The summed E-state index contributed by atoms with van der Waals surface area (Å²) in [6.45, 7) is 0.216. The van der Waals surface area contributed by atoms with Crippen LogP contribution in [-0.2, 0) is 4.79 Å². The van der Waals surface area contributed by atoms with Crippen molar-refractivity contribution in [2.24, 2.45) is 5.73 Å². The van der Waals surface area contributed by atoms with E-state index in [0.717, 1.165) is 11.3 Å². The number of rotatable bonds is 3. The lowest BCUT2D eigenvalue weighted by molar-refractivity contribution is -0.126. The zero-order valence-corrected chi connectivity index (χ0v) is 12.6. The van der Waals surface area contributed by atoms with Crippen LogP contribution in [0.1, 0.15) is 11.6 Å². The van der Waals surface area contributed by atoms with E-state index in [0.29, 0.717) is 17.2 Å². The second-order valence-electron chi connectivity index (χ2n) is 5.49. The lowest BCUT2D eigenvalue weighted by Gasteiger charge is -2.45. The third-order valence-corrected chi connectivity index (χ3v) is 4.21. The molecule has 6 nitrogen and oxygen atoms in total. The van der Waals surface area contributed by atoms with Gasteiger partial charge in [-0.2, -0.15) is 0 Å². The zero-order chi connectivity index (χ0) is 16.0. The molecule has 1 fully saturated rings. The maximum Gasteiger partial charge on any atom is 0.247 e. The number of carbonyl (C=O) groups excluding carboxylic acids is 1. The molecule has 0 radical (unpaired) electrons. The second-order valence-corrected chi connectivity index (χ2v) is 5.49. The Kier molecular flexibility index (Phi) is 3.12. The number of nitrogens with two attached hydrogens (primary N) is 1. The van der Waals surface area contributed by atoms with Crippen molar-refractivity contribution in [2.75, 3.05) is 18.8 Å². The molecule has 1 amide bonds. The van der Waals surface area contributed by atoms with Gasteiger partial charge in [0.25, 0.3) is 0 Å². The van der Waals surface area contributed by atoms with Gasteiger partial charge in [0, 0.05) is 11.8 Å².